The number of furan rings is 1. The summed E-state index contributed by atoms with van der Waals surface area (Å²) < 4.78 is 7.28. The first kappa shape index (κ1) is 9.98. The van der Waals surface area contributed by atoms with Crippen LogP contribution in [0.15, 0.2) is 29.1 Å². The Morgan fingerprint density at radius 1 is 1.60 bits per heavy atom. The highest BCUT2D eigenvalue weighted by atomic mass is 16.3. The molecule has 0 radical (unpaired) electrons. The monoisotopic (exact) mass is 205 g/mol. The highest BCUT2D eigenvalue weighted by Crippen LogP contribution is 2.22. The first-order valence-electron chi connectivity index (χ1n) is 5.04. The average Bonchev–Trinajstić information content (AvgIpc) is 2.84. The summed E-state index contributed by atoms with van der Waals surface area (Å²) in [5.41, 5.74) is 7.14. The van der Waals surface area contributed by atoms with Crippen molar-refractivity contribution in [2.75, 3.05) is 0 Å². The molecule has 0 spiro atoms. The van der Waals surface area contributed by atoms with Crippen molar-refractivity contribution in [3.8, 4) is 0 Å². The number of aryl methyl sites for hydroxylation is 2. The van der Waals surface area contributed by atoms with Crippen LogP contribution in [0.25, 0.3) is 0 Å². The van der Waals surface area contributed by atoms with Crippen LogP contribution in [0.3, 0.4) is 0 Å². The standard InChI is InChI=1S/C11H15N3O/c1-3-14-6-5-13-11(14)10(12)9-4-7-15-8(9)2/h4-7,10H,3,12H2,1-2H3. The molecule has 2 aromatic rings. The van der Waals surface area contributed by atoms with E-state index < -0.39 is 0 Å². The lowest BCUT2D eigenvalue weighted by atomic mass is 10.1. The predicted molar refractivity (Wildman–Crippen MR) is 57.4 cm³/mol. The maximum Gasteiger partial charge on any atom is 0.130 e. The Labute approximate surface area is 88.7 Å². The quantitative estimate of drug-likeness (QED) is 0.832. The van der Waals surface area contributed by atoms with E-state index in [0.717, 1.165) is 23.7 Å². The van der Waals surface area contributed by atoms with E-state index in [-0.39, 0.29) is 6.04 Å². The Balaban J connectivity index is 2.36. The van der Waals surface area contributed by atoms with Crippen molar-refractivity contribution in [2.45, 2.75) is 26.4 Å². The number of nitrogens with zero attached hydrogens (tertiary/aromatic N) is 2. The molecule has 1 atom stereocenters. The minimum atomic E-state index is -0.210. The highest BCUT2D eigenvalue weighted by Gasteiger charge is 2.17. The molecule has 80 valence electrons. The number of hydrogen-bond acceptors (Lipinski definition) is 3. The van der Waals surface area contributed by atoms with E-state index in [2.05, 4.69) is 11.9 Å². The molecule has 2 rings (SSSR count). The summed E-state index contributed by atoms with van der Waals surface area (Å²) in [6.45, 7) is 4.86. The van der Waals surface area contributed by atoms with Crippen LogP contribution in [-0.2, 0) is 6.54 Å². The summed E-state index contributed by atoms with van der Waals surface area (Å²) in [6.07, 6.45) is 5.36. The maximum absolute atomic E-state index is 6.14. The SMILES string of the molecule is CCn1ccnc1C(N)c1ccoc1C. The van der Waals surface area contributed by atoms with E-state index in [9.17, 15) is 0 Å². The third-order valence-corrected chi connectivity index (χ3v) is 2.60. The number of rotatable bonds is 3. The molecule has 0 amide bonds. The zero-order valence-electron chi connectivity index (χ0n) is 8.97. The molecular formula is C11H15N3O. The van der Waals surface area contributed by atoms with Crippen molar-refractivity contribution in [3.63, 3.8) is 0 Å². The molecule has 4 heteroatoms. The smallest absolute Gasteiger partial charge is 0.130 e. The molecule has 0 aliphatic carbocycles. The number of aromatic nitrogens is 2. The summed E-state index contributed by atoms with van der Waals surface area (Å²) in [5.74, 6) is 1.73. The van der Waals surface area contributed by atoms with E-state index in [0.29, 0.717) is 0 Å². The second kappa shape index (κ2) is 3.90. The second-order valence-electron chi connectivity index (χ2n) is 3.48. The van der Waals surface area contributed by atoms with Gasteiger partial charge in [-0.3, -0.25) is 0 Å². The maximum atomic E-state index is 6.14. The van der Waals surface area contributed by atoms with Crippen LogP contribution >= 0.6 is 0 Å². The van der Waals surface area contributed by atoms with E-state index in [1.165, 1.54) is 0 Å². The molecule has 0 bridgehead atoms. The van der Waals surface area contributed by atoms with Gasteiger partial charge in [-0.05, 0) is 19.9 Å². The van der Waals surface area contributed by atoms with E-state index in [4.69, 9.17) is 10.2 Å². The summed E-state index contributed by atoms with van der Waals surface area (Å²) in [6, 6.07) is 1.69. The van der Waals surface area contributed by atoms with Gasteiger partial charge in [-0.15, -0.1) is 0 Å². The van der Waals surface area contributed by atoms with Gasteiger partial charge < -0.3 is 14.7 Å². The Morgan fingerprint density at radius 3 is 3.00 bits per heavy atom. The van der Waals surface area contributed by atoms with Gasteiger partial charge in [0.1, 0.15) is 11.6 Å². The lowest BCUT2D eigenvalue weighted by molar-refractivity contribution is 0.525. The van der Waals surface area contributed by atoms with Crippen LogP contribution in [-0.4, -0.2) is 9.55 Å². The molecule has 1 unspecified atom stereocenters. The first-order valence-corrected chi connectivity index (χ1v) is 5.04. The van der Waals surface area contributed by atoms with Crippen molar-refractivity contribution in [1.82, 2.24) is 9.55 Å². The molecule has 2 heterocycles. The van der Waals surface area contributed by atoms with Crippen molar-refractivity contribution >= 4 is 0 Å². The van der Waals surface area contributed by atoms with Crippen molar-refractivity contribution in [1.29, 1.82) is 0 Å². The largest absolute Gasteiger partial charge is 0.469 e. The molecule has 0 aliphatic heterocycles. The summed E-state index contributed by atoms with van der Waals surface area (Å²) in [5, 5.41) is 0. The molecule has 4 nitrogen and oxygen atoms in total. The van der Waals surface area contributed by atoms with Crippen LogP contribution in [0, 0.1) is 6.92 Å². The molecular weight excluding hydrogens is 190 g/mol. The number of imidazole rings is 1. The van der Waals surface area contributed by atoms with Gasteiger partial charge >= 0.3 is 0 Å². The van der Waals surface area contributed by atoms with Crippen molar-refractivity contribution in [3.05, 3.63) is 41.9 Å². The average molecular weight is 205 g/mol. The van der Waals surface area contributed by atoms with Gasteiger partial charge in [-0.2, -0.15) is 0 Å². The van der Waals surface area contributed by atoms with Crippen LogP contribution in [0.2, 0.25) is 0 Å². The first-order chi connectivity index (χ1) is 7.24. The van der Waals surface area contributed by atoms with Gasteiger partial charge in [-0.25, -0.2) is 4.98 Å². The molecule has 0 saturated heterocycles. The number of hydrogen-bond donors (Lipinski definition) is 1. The Hall–Kier alpha value is -1.55. The topological polar surface area (TPSA) is 57.0 Å². The lowest BCUT2D eigenvalue weighted by Crippen LogP contribution is -2.17. The Bertz CT molecular complexity index is 444. The Kier molecular flexibility index (Phi) is 2.60. The fourth-order valence-corrected chi connectivity index (χ4v) is 1.72. The third kappa shape index (κ3) is 1.68. The molecule has 0 saturated carbocycles. The Morgan fingerprint density at radius 2 is 2.40 bits per heavy atom. The molecule has 0 aromatic carbocycles. The fourth-order valence-electron chi connectivity index (χ4n) is 1.72. The van der Waals surface area contributed by atoms with Gasteiger partial charge in [0.15, 0.2) is 0 Å². The van der Waals surface area contributed by atoms with E-state index in [1.807, 2.05) is 23.8 Å². The normalized spacial score (nSPS) is 13.0. The molecule has 15 heavy (non-hydrogen) atoms. The van der Waals surface area contributed by atoms with Gasteiger partial charge in [-0.1, -0.05) is 0 Å². The van der Waals surface area contributed by atoms with E-state index >= 15 is 0 Å². The second-order valence-corrected chi connectivity index (χ2v) is 3.48. The van der Waals surface area contributed by atoms with Crippen molar-refractivity contribution < 1.29 is 4.42 Å². The van der Waals surface area contributed by atoms with Gasteiger partial charge in [0.2, 0.25) is 0 Å². The van der Waals surface area contributed by atoms with Gasteiger partial charge in [0.05, 0.1) is 12.3 Å². The van der Waals surface area contributed by atoms with Gasteiger partial charge in [0, 0.05) is 24.5 Å². The van der Waals surface area contributed by atoms with E-state index in [1.54, 1.807) is 12.5 Å². The lowest BCUT2D eigenvalue weighted by Gasteiger charge is -2.12. The summed E-state index contributed by atoms with van der Waals surface area (Å²) in [4.78, 5) is 4.28. The third-order valence-electron chi connectivity index (χ3n) is 2.60. The minimum absolute atomic E-state index is 0.210. The predicted octanol–water partition coefficient (Wildman–Crippen LogP) is 1.85. The molecule has 0 fully saturated rings. The van der Waals surface area contributed by atoms with Crippen LogP contribution in [0.1, 0.15) is 30.1 Å². The van der Waals surface area contributed by atoms with Crippen LogP contribution in [0.4, 0.5) is 0 Å². The van der Waals surface area contributed by atoms with Crippen molar-refractivity contribution in [2.24, 2.45) is 5.73 Å². The molecule has 0 aliphatic rings. The van der Waals surface area contributed by atoms with Crippen LogP contribution in [0.5, 0.6) is 0 Å². The van der Waals surface area contributed by atoms with Gasteiger partial charge in [0.25, 0.3) is 0 Å². The summed E-state index contributed by atoms with van der Waals surface area (Å²) in [7, 11) is 0. The zero-order valence-corrected chi connectivity index (χ0v) is 8.97. The fraction of sp³-hybridized carbons (Fsp3) is 0.364. The van der Waals surface area contributed by atoms with Crippen LogP contribution < -0.4 is 5.73 Å². The molecule has 2 aromatic heterocycles. The summed E-state index contributed by atoms with van der Waals surface area (Å²) >= 11 is 0. The minimum Gasteiger partial charge on any atom is -0.469 e. The number of nitrogens with two attached hydrogens (primary N) is 1. The zero-order chi connectivity index (χ0) is 10.8. The molecule has 2 N–H and O–H groups in total. The highest BCUT2D eigenvalue weighted by molar-refractivity contribution is 5.26.